The van der Waals surface area contributed by atoms with Crippen molar-refractivity contribution in [2.45, 2.75) is 97.4 Å². The second kappa shape index (κ2) is 11.1. The quantitative estimate of drug-likeness (QED) is 0.279. The minimum atomic E-state index is -0.325. The van der Waals surface area contributed by atoms with Gasteiger partial charge in [0.2, 0.25) is 5.62 Å². The third-order valence-corrected chi connectivity index (χ3v) is 7.29. The van der Waals surface area contributed by atoms with Gasteiger partial charge in [-0.05, 0) is 60.8 Å². The Kier molecular flexibility index (Phi) is 8.19. The van der Waals surface area contributed by atoms with E-state index < -0.39 is 0 Å². The first-order valence-electron chi connectivity index (χ1n) is 13.7. The highest BCUT2D eigenvalue weighted by molar-refractivity contribution is 5.97. The molecule has 1 aliphatic rings. The summed E-state index contributed by atoms with van der Waals surface area (Å²) in [5, 5.41) is 20.0. The van der Waals surface area contributed by atoms with Gasteiger partial charge in [-0.3, -0.25) is 10.2 Å². The van der Waals surface area contributed by atoms with Crippen molar-refractivity contribution in [1.82, 2.24) is 9.13 Å². The topological polar surface area (TPSA) is 89.5 Å². The third kappa shape index (κ3) is 6.05. The third-order valence-electron chi connectivity index (χ3n) is 7.29. The largest absolute Gasteiger partial charge is 0.507 e. The Bertz CT molecular complexity index is 1310. The van der Waals surface area contributed by atoms with Crippen molar-refractivity contribution in [3.8, 4) is 5.75 Å². The molecule has 7 heteroatoms. The Balaban J connectivity index is 1.61. The molecule has 206 valence electrons. The summed E-state index contributed by atoms with van der Waals surface area (Å²) in [6, 6.07) is 11.5. The lowest BCUT2D eigenvalue weighted by molar-refractivity contribution is -0.163. The molecule has 0 radical (unpaired) electrons. The number of benzene rings is 2. The number of carbonyl (C=O) groups is 1. The number of aromatic hydroxyl groups is 1. The average Bonchev–Trinajstić information content (AvgIpc) is 3.11. The molecule has 0 bridgehead atoms. The van der Waals surface area contributed by atoms with Crippen molar-refractivity contribution < 1.29 is 19.4 Å². The van der Waals surface area contributed by atoms with Gasteiger partial charge in [-0.25, -0.2) is 0 Å². The summed E-state index contributed by atoms with van der Waals surface area (Å²) in [6.45, 7) is 14.2. The van der Waals surface area contributed by atoms with Crippen LogP contribution in [0.15, 0.2) is 36.4 Å². The van der Waals surface area contributed by atoms with Crippen LogP contribution in [0.2, 0.25) is 0 Å². The number of para-hydroxylation sites is 2. The first-order valence-corrected chi connectivity index (χ1v) is 13.7. The zero-order valence-electron chi connectivity index (χ0n) is 23.8. The highest BCUT2D eigenvalue weighted by Gasteiger charge is 2.28. The standard InChI is InChI=1S/C31H43N3O4/c1-30(2,3)22-18-21(19-23(28(22)36)31(4,5)6)26(35)20-34-25-13-8-7-12-24(25)33(29(34)32)15-11-17-38-27-14-9-10-16-37-27/h7-8,12-13,18-19,27,32,36H,9-11,14-17,20H2,1-6H3. The molecule has 2 heterocycles. The number of aryl methyl sites for hydroxylation is 1. The molecule has 7 nitrogen and oxygen atoms in total. The van der Waals surface area contributed by atoms with E-state index in [1.165, 1.54) is 0 Å². The first-order chi connectivity index (χ1) is 17.9. The summed E-state index contributed by atoms with van der Waals surface area (Å²) in [6.07, 6.45) is 3.79. The molecule has 1 fully saturated rings. The molecule has 1 saturated heterocycles. The van der Waals surface area contributed by atoms with E-state index >= 15 is 0 Å². The summed E-state index contributed by atoms with van der Waals surface area (Å²) in [7, 11) is 0. The first kappa shape index (κ1) is 28.1. The van der Waals surface area contributed by atoms with Crippen LogP contribution in [0.25, 0.3) is 11.0 Å². The van der Waals surface area contributed by atoms with Gasteiger partial charge in [0, 0.05) is 29.8 Å². The second-order valence-electron chi connectivity index (χ2n) is 12.4. The Labute approximate surface area is 225 Å². The molecule has 2 aromatic carbocycles. The van der Waals surface area contributed by atoms with E-state index in [1.54, 1.807) is 4.57 Å². The number of nitrogens with zero attached hydrogens (tertiary/aromatic N) is 2. The smallest absolute Gasteiger partial charge is 0.203 e. The predicted molar refractivity (Wildman–Crippen MR) is 150 cm³/mol. The van der Waals surface area contributed by atoms with Gasteiger partial charge in [0.25, 0.3) is 0 Å². The van der Waals surface area contributed by atoms with E-state index in [0.717, 1.165) is 54.5 Å². The number of Topliss-reactive ketones (excluding diaryl/α,β-unsaturated/α-hetero) is 1. The Morgan fingerprint density at radius 2 is 1.63 bits per heavy atom. The summed E-state index contributed by atoms with van der Waals surface area (Å²) in [4.78, 5) is 13.7. The van der Waals surface area contributed by atoms with Gasteiger partial charge in [0.15, 0.2) is 12.1 Å². The minimum absolute atomic E-state index is 0.0523. The number of phenols is 1. The van der Waals surface area contributed by atoms with Gasteiger partial charge < -0.3 is 23.7 Å². The lowest BCUT2D eigenvalue weighted by Gasteiger charge is -2.28. The normalized spacial score (nSPS) is 16.7. The van der Waals surface area contributed by atoms with Gasteiger partial charge in [-0.15, -0.1) is 0 Å². The van der Waals surface area contributed by atoms with Crippen LogP contribution < -0.4 is 5.62 Å². The molecule has 0 amide bonds. The number of imidazole rings is 1. The summed E-state index contributed by atoms with van der Waals surface area (Å²) < 4.78 is 15.3. The molecular weight excluding hydrogens is 478 g/mol. The molecule has 0 aliphatic carbocycles. The van der Waals surface area contributed by atoms with Crippen LogP contribution in [0.5, 0.6) is 5.75 Å². The molecule has 1 aliphatic heterocycles. The minimum Gasteiger partial charge on any atom is -0.507 e. The summed E-state index contributed by atoms with van der Waals surface area (Å²) in [5.41, 5.74) is 3.50. The fraction of sp³-hybridized carbons (Fsp3) is 0.548. The lowest BCUT2D eigenvalue weighted by atomic mass is 9.78. The molecule has 1 aromatic heterocycles. The maximum Gasteiger partial charge on any atom is 0.203 e. The number of carbonyl (C=O) groups excluding carboxylic acids is 1. The monoisotopic (exact) mass is 521 g/mol. The number of fused-ring (bicyclic) bond motifs is 1. The summed E-state index contributed by atoms with van der Waals surface area (Å²) in [5.74, 6) is 0.174. The van der Waals surface area contributed by atoms with Gasteiger partial charge in [0.1, 0.15) is 5.75 Å². The number of hydrogen-bond donors (Lipinski definition) is 2. The Hall–Kier alpha value is -2.90. The zero-order valence-corrected chi connectivity index (χ0v) is 23.8. The van der Waals surface area contributed by atoms with Crippen LogP contribution in [0.1, 0.15) is 88.7 Å². The van der Waals surface area contributed by atoms with Gasteiger partial charge >= 0.3 is 0 Å². The molecule has 0 spiro atoms. The molecular formula is C31H43N3O4. The van der Waals surface area contributed by atoms with Crippen molar-refractivity contribution in [2.24, 2.45) is 0 Å². The Morgan fingerprint density at radius 1 is 1.03 bits per heavy atom. The van der Waals surface area contributed by atoms with E-state index in [9.17, 15) is 9.90 Å². The molecule has 3 aromatic rings. The van der Waals surface area contributed by atoms with Crippen molar-refractivity contribution >= 4 is 16.8 Å². The van der Waals surface area contributed by atoms with Crippen molar-refractivity contribution in [3.63, 3.8) is 0 Å². The van der Waals surface area contributed by atoms with Gasteiger partial charge in [0.05, 0.1) is 24.2 Å². The van der Waals surface area contributed by atoms with E-state index in [-0.39, 0.29) is 35.2 Å². The molecule has 1 atom stereocenters. The fourth-order valence-electron chi connectivity index (χ4n) is 5.13. The number of ketones is 1. The second-order valence-corrected chi connectivity index (χ2v) is 12.4. The van der Waals surface area contributed by atoms with Crippen LogP contribution in [0.3, 0.4) is 0 Å². The van der Waals surface area contributed by atoms with E-state index in [0.29, 0.717) is 24.3 Å². The number of phenolic OH excluding ortho intramolecular Hbond substituents is 1. The van der Waals surface area contributed by atoms with Crippen LogP contribution in [0.4, 0.5) is 0 Å². The predicted octanol–water partition coefficient (Wildman–Crippen LogP) is 6.04. The molecule has 4 rings (SSSR count). The van der Waals surface area contributed by atoms with Crippen molar-refractivity contribution in [1.29, 1.82) is 5.41 Å². The van der Waals surface area contributed by atoms with Gasteiger partial charge in [-0.1, -0.05) is 53.7 Å². The number of aromatic nitrogens is 2. The van der Waals surface area contributed by atoms with Crippen LogP contribution >= 0.6 is 0 Å². The van der Waals surface area contributed by atoms with Crippen LogP contribution in [-0.2, 0) is 33.4 Å². The van der Waals surface area contributed by atoms with Crippen LogP contribution in [-0.4, -0.2) is 39.5 Å². The highest BCUT2D eigenvalue weighted by atomic mass is 16.7. The van der Waals surface area contributed by atoms with Gasteiger partial charge in [-0.2, -0.15) is 0 Å². The summed E-state index contributed by atoms with van der Waals surface area (Å²) >= 11 is 0. The maximum atomic E-state index is 13.7. The number of ether oxygens (including phenoxy) is 2. The molecule has 2 N–H and O–H groups in total. The number of nitrogens with one attached hydrogen (secondary N) is 1. The highest BCUT2D eigenvalue weighted by Crippen LogP contribution is 2.40. The lowest BCUT2D eigenvalue weighted by Crippen LogP contribution is -2.28. The van der Waals surface area contributed by atoms with E-state index in [4.69, 9.17) is 14.9 Å². The fourth-order valence-corrected chi connectivity index (χ4v) is 5.13. The number of rotatable bonds is 8. The van der Waals surface area contributed by atoms with Crippen LogP contribution in [0, 0.1) is 5.41 Å². The zero-order chi connectivity index (χ0) is 27.7. The molecule has 0 saturated carbocycles. The maximum absolute atomic E-state index is 13.7. The number of hydrogen-bond acceptors (Lipinski definition) is 5. The van der Waals surface area contributed by atoms with Crippen molar-refractivity contribution in [3.05, 3.63) is 58.7 Å². The average molecular weight is 522 g/mol. The van der Waals surface area contributed by atoms with Crippen molar-refractivity contribution in [2.75, 3.05) is 13.2 Å². The SMILES string of the molecule is CC(C)(C)c1cc(C(=O)Cn2c(=N)n(CCCOC3CCCCO3)c3ccccc32)cc(C(C)(C)C)c1O. The Morgan fingerprint density at radius 3 is 2.18 bits per heavy atom. The van der Waals surface area contributed by atoms with E-state index in [1.807, 2.05) is 82.5 Å². The molecule has 1 unspecified atom stereocenters. The molecule has 38 heavy (non-hydrogen) atoms. The van der Waals surface area contributed by atoms with E-state index in [2.05, 4.69) is 0 Å².